The monoisotopic (exact) mass is 370 g/mol. The number of nitrogens with one attached hydrogen (secondary N) is 1. The number of aromatic amines is 1. The average molecular weight is 371 g/mol. The van der Waals surface area contributed by atoms with Crippen molar-refractivity contribution in [2.75, 3.05) is 26.3 Å². The van der Waals surface area contributed by atoms with Gasteiger partial charge in [0.1, 0.15) is 5.76 Å². The van der Waals surface area contributed by atoms with E-state index in [1.807, 2.05) is 18.2 Å². The lowest BCUT2D eigenvalue weighted by atomic mass is 9.88. The van der Waals surface area contributed by atoms with Crippen molar-refractivity contribution in [3.05, 3.63) is 70.6 Å². The van der Waals surface area contributed by atoms with Crippen LogP contribution in [0.4, 0.5) is 0 Å². The summed E-state index contributed by atoms with van der Waals surface area (Å²) in [6.45, 7) is 5.26. The number of fused-ring (bicyclic) bond motifs is 1. The van der Waals surface area contributed by atoms with E-state index in [-0.39, 0.29) is 17.7 Å². The normalized spacial score (nSPS) is 22.8. The fourth-order valence-corrected chi connectivity index (χ4v) is 4.25. The molecule has 1 aromatic carbocycles. The minimum absolute atomic E-state index is 0.0338. The van der Waals surface area contributed by atoms with E-state index >= 15 is 0 Å². The second-order valence-electron chi connectivity index (χ2n) is 6.86. The number of aliphatic hydroxyl groups is 1. The Morgan fingerprint density at radius 2 is 1.96 bits per heavy atom. The number of aryl methyl sites for hydroxylation is 1. The highest BCUT2D eigenvalue weighted by molar-refractivity contribution is 6.31. The number of halogens is 1. The maximum absolute atomic E-state index is 10.2. The summed E-state index contributed by atoms with van der Waals surface area (Å²) < 4.78 is 5.57. The maximum Gasteiger partial charge on any atom is 0.112 e. The average Bonchev–Trinajstić information content (AvgIpc) is 2.87. The molecule has 4 nitrogen and oxygen atoms in total. The van der Waals surface area contributed by atoms with Crippen LogP contribution >= 0.6 is 11.6 Å². The van der Waals surface area contributed by atoms with Gasteiger partial charge in [-0.05, 0) is 36.8 Å². The molecule has 1 aromatic heterocycles. The van der Waals surface area contributed by atoms with Gasteiger partial charge in [0.15, 0.2) is 0 Å². The third-order valence-electron chi connectivity index (χ3n) is 5.17. The highest BCUT2D eigenvalue weighted by Crippen LogP contribution is 2.39. The van der Waals surface area contributed by atoms with E-state index in [4.69, 9.17) is 16.3 Å². The van der Waals surface area contributed by atoms with Crippen LogP contribution in [0.5, 0.6) is 0 Å². The number of morpholine rings is 1. The molecule has 1 aliphatic carbocycles. The number of aromatic nitrogens is 1. The van der Waals surface area contributed by atoms with Gasteiger partial charge in [0.05, 0.1) is 13.2 Å². The third-order valence-corrected chi connectivity index (χ3v) is 5.42. The Morgan fingerprint density at radius 1 is 1.19 bits per heavy atom. The van der Waals surface area contributed by atoms with Crippen molar-refractivity contribution >= 4 is 22.5 Å². The van der Waals surface area contributed by atoms with Crippen LogP contribution in [0.3, 0.4) is 0 Å². The van der Waals surface area contributed by atoms with Gasteiger partial charge in [0, 0.05) is 46.7 Å². The summed E-state index contributed by atoms with van der Waals surface area (Å²) >= 11 is 6.36. The van der Waals surface area contributed by atoms with E-state index in [2.05, 4.69) is 35.0 Å². The fraction of sp³-hybridized carbons (Fsp3) is 0.333. The number of para-hydroxylation sites is 1. The highest BCUT2D eigenvalue weighted by Gasteiger charge is 2.32. The van der Waals surface area contributed by atoms with Crippen molar-refractivity contribution in [1.82, 2.24) is 9.88 Å². The summed E-state index contributed by atoms with van der Waals surface area (Å²) in [5.41, 5.74) is 3.55. The van der Waals surface area contributed by atoms with E-state index in [1.54, 1.807) is 12.2 Å². The van der Waals surface area contributed by atoms with E-state index in [0.29, 0.717) is 5.03 Å². The zero-order valence-electron chi connectivity index (χ0n) is 14.8. The molecule has 136 valence electrons. The van der Waals surface area contributed by atoms with Crippen molar-refractivity contribution in [1.29, 1.82) is 0 Å². The third kappa shape index (κ3) is 3.32. The van der Waals surface area contributed by atoms with Crippen LogP contribution in [-0.2, 0) is 4.74 Å². The molecule has 1 fully saturated rings. The van der Waals surface area contributed by atoms with Crippen molar-refractivity contribution in [2.45, 2.75) is 13.0 Å². The number of allylic oxidation sites excluding steroid dienone is 3. The molecule has 2 atom stereocenters. The molecule has 5 heteroatoms. The molecule has 2 aromatic rings. The number of H-pyrrole nitrogens is 1. The zero-order valence-corrected chi connectivity index (χ0v) is 15.5. The molecule has 0 saturated carbocycles. The maximum atomic E-state index is 10.2. The molecule has 1 aliphatic heterocycles. The predicted octanol–water partition coefficient (Wildman–Crippen LogP) is 4.60. The SMILES string of the molecule is Cc1[nH]c2ccccc2c1C(C1C=C(O)C=CC(Cl)=C1)N1CCOCC1. The van der Waals surface area contributed by atoms with Crippen LogP contribution in [0.25, 0.3) is 10.9 Å². The molecule has 2 aliphatic rings. The van der Waals surface area contributed by atoms with E-state index in [1.165, 1.54) is 10.9 Å². The van der Waals surface area contributed by atoms with Crippen molar-refractivity contribution in [3.8, 4) is 0 Å². The van der Waals surface area contributed by atoms with Gasteiger partial charge in [-0.1, -0.05) is 35.9 Å². The van der Waals surface area contributed by atoms with Crippen LogP contribution in [0.1, 0.15) is 17.3 Å². The molecular weight excluding hydrogens is 348 g/mol. The Kier molecular flexibility index (Phi) is 4.90. The molecule has 2 unspecified atom stereocenters. The van der Waals surface area contributed by atoms with Gasteiger partial charge in [0.2, 0.25) is 0 Å². The number of aliphatic hydroxyl groups excluding tert-OH is 1. The number of rotatable bonds is 3. The summed E-state index contributed by atoms with van der Waals surface area (Å²) in [6, 6.07) is 8.45. The Morgan fingerprint density at radius 3 is 2.77 bits per heavy atom. The van der Waals surface area contributed by atoms with Crippen molar-refractivity contribution < 1.29 is 9.84 Å². The van der Waals surface area contributed by atoms with Gasteiger partial charge in [-0.2, -0.15) is 0 Å². The fourth-order valence-electron chi connectivity index (χ4n) is 4.04. The Hall–Kier alpha value is -2.01. The van der Waals surface area contributed by atoms with Gasteiger partial charge >= 0.3 is 0 Å². The molecular formula is C21H23ClN2O2. The number of nitrogens with zero attached hydrogens (tertiary/aromatic N) is 1. The predicted molar refractivity (Wildman–Crippen MR) is 105 cm³/mol. The molecule has 0 amide bonds. The standard InChI is InChI=1S/C21H23ClN2O2/c1-14-20(18-4-2-3-5-19(18)23-14)21(24-8-10-26-11-9-24)15-12-16(22)6-7-17(25)13-15/h2-7,12-13,15,21,23,25H,8-11H2,1H3. The molecule has 2 N–H and O–H groups in total. The highest BCUT2D eigenvalue weighted by atomic mass is 35.5. The lowest BCUT2D eigenvalue weighted by molar-refractivity contribution is 0.0106. The van der Waals surface area contributed by atoms with Crippen LogP contribution in [-0.4, -0.2) is 41.3 Å². The Labute approximate surface area is 158 Å². The molecule has 0 spiro atoms. The lowest BCUT2D eigenvalue weighted by Gasteiger charge is -2.38. The second kappa shape index (κ2) is 7.31. The van der Waals surface area contributed by atoms with E-state index < -0.39 is 0 Å². The first kappa shape index (κ1) is 17.4. The Bertz CT molecular complexity index is 869. The molecule has 0 bridgehead atoms. The molecule has 0 radical (unpaired) electrons. The first-order chi connectivity index (χ1) is 12.6. The van der Waals surface area contributed by atoms with Gasteiger partial charge < -0.3 is 14.8 Å². The quantitative estimate of drug-likeness (QED) is 0.830. The number of benzene rings is 1. The number of hydrogen-bond acceptors (Lipinski definition) is 3. The van der Waals surface area contributed by atoms with Crippen molar-refractivity contribution in [2.24, 2.45) is 5.92 Å². The van der Waals surface area contributed by atoms with Gasteiger partial charge in [-0.25, -0.2) is 0 Å². The zero-order chi connectivity index (χ0) is 18.1. The number of hydrogen-bond donors (Lipinski definition) is 2. The van der Waals surface area contributed by atoms with Crippen LogP contribution < -0.4 is 0 Å². The summed E-state index contributed by atoms with van der Waals surface area (Å²) in [5, 5.41) is 12.1. The summed E-state index contributed by atoms with van der Waals surface area (Å²) in [5.74, 6) is 0.214. The molecule has 2 heterocycles. The molecule has 4 rings (SSSR count). The Balaban J connectivity index is 1.87. The first-order valence-electron chi connectivity index (χ1n) is 8.98. The topological polar surface area (TPSA) is 48.5 Å². The molecule has 1 saturated heterocycles. The first-order valence-corrected chi connectivity index (χ1v) is 9.36. The van der Waals surface area contributed by atoms with Crippen molar-refractivity contribution in [3.63, 3.8) is 0 Å². The summed E-state index contributed by atoms with van der Waals surface area (Å²) in [7, 11) is 0. The smallest absolute Gasteiger partial charge is 0.112 e. The van der Waals surface area contributed by atoms with Gasteiger partial charge in [0.25, 0.3) is 0 Å². The second-order valence-corrected chi connectivity index (χ2v) is 7.29. The number of ether oxygens (including phenoxy) is 1. The minimum atomic E-state index is -0.0338. The van der Waals surface area contributed by atoms with Gasteiger partial charge in [-0.15, -0.1) is 0 Å². The van der Waals surface area contributed by atoms with Crippen LogP contribution in [0.15, 0.2) is 59.4 Å². The minimum Gasteiger partial charge on any atom is -0.508 e. The van der Waals surface area contributed by atoms with E-state index in [0.717, 1.165) is 37.5 Å². The van der Waals surface area contributed by atoms with Crippen LogP contribution in [0, 0.1) is 12.8 Å². The summed E-state index contributed by atoms with van der Waals surface area (Å²) in [6.07, 6.45) is 7.32. The summed E-state index contributed by atoms with van der Waals surface area (Å²) in [4.78, 5) is 5.95. The lowest BCUT2D eigenvalue weighted by Crippen LogP contribution is -2.41. The van der Waals surface area contributed by atoms with Gasteiger partial charge in [-0.3, -0.25) is 4.90 Å². The molecule has 26 heavy (non-hydrogen) atoms. The van der Waals surface area contributed by atoms with Crippen LogP contribution in [0.2, 0.25) is 0 Å². The van der Waals surface area contributed by atoms with E-state index in [9.17, 15) is 5.11 Å². The largest absolute Gasteiger partial charge is 0.508 e.